The summed E-state index contributed by atoms with van der Waals surface area (Å²) in [6, 6.07) is 31.0. The standard InChI is InChI=1S/C34H34/c1-23-24(2)26(4)34-32(22-20-28-15-9-6-10-16-28)30-18-12-11-17-29(30)31(33(34)25(23)3)21-19-27-13-7-5-8-14-27/h5-18H,19-22H2,1-4H3. The second-order valence-corrected chi connectivity index (χ2v) is 9.72. The van der Waals surface area contributed by atoms with Gasteiger partial charge in [0.2, 0.25) is 0 Å². The molecule has 5 aromatic carbocycles. The fraction of sp³-hybridized carbons (Fsp3) is 0.235. The zero-order valence-corrected chi connectivity index (χ0v) is 20.9. The third-order valence-corrected chi connectivity index (χ3v) is 7.88. The van der Waals surface area contributed by atoms with Crippen molar-refractivity contribution in [1.29, 1.82) is 0 Å². The molecule has 0 aliphatic heterocycles. The van der Waals surface area contributed by atoms with E-state index in [9.17, 15) is 0 Å². The SMILES string of the molecule is Cc1c(C)c(C)c2c(CCc3ccccc3)c3ccccc3c(CCc3ccccc3)c2c1C. The highest BCUT2D eigenvalue weighted by molar-refractivity contribution is 6.09. The molecule has 0 heteroatoms. The fourth-order valence-electron chi connectivity index (χ4n) is 5.69. The Kier molecular flexibility index (Phi) is 6.24. The predicted molar refractivity (Wildman–Crippen MR) is 148 cm³/mol. The number of fused-ring (bicyclic) bond motifs is 2. The smallest absolute Gasteiger partial charge is 0.0108 e. The third kappa shape index (κ3) is 4.03. The second-order valence-electron chi connectivity index (χ2n) is 9.72. The molecule has 0 fully saturated rings. The van der Waals surface area contributed by atoms with E-state index in [0.29, 0.717) is 0 Å². The van der Waals surface area contributed by atoms with Crippen molar-refractivity contribution in [3.63, 3.8) is 0 Å². The van der Waals surface area contributed by atoms with Gasteiger partial charge < -0.3 is 0 Å². The summed E-state index contributed by atoms with van der Waals surface area (Å²) in [4.78, 5) is 0. The summed E-state index contributed by atoms with van der Waals surface area (Å²) in [7, 11) is 0. The molecule has 5 aromatic rings. The van der Waals surface area contributed by atoms with E-state index in [0.717, 1.165) is 25.7 Å². The Morgan fingerprint density at radius 3 is 1.12 bits per heavy atom. The molecule has 34 heavy (non-hydrogen) atoms. The molecule has 0 unspecified atom stereocenters. The van der Waals surface area contributed by atoms with Crippen molar-refractivity contribution in [2.45, 2.75) is 53.4 Å². The molecule has 0 spiro atoms. The first-order valence-electron chi connectivity index (χ1n) is 12.6. The minimum atomic E-state index is 1.06. The maximum Gasteiger partial charge on any atom is -0.0108 e. The zero-order valence-electron chi connectivity index (χ0n) is 20.9. The van der Waals surface area contributed by atoms with Crippen LogP contribution in [0.5, 0.6) is 0 Å². The molecule has 0 saturated carbocycles. The molecule has 0 atom stereocenters. The van der Waals surface area contributed by atoms with Crippen LogP contribution in [0.1, 0.15) is 44.5 Å². The van der Waals surface area contributed by atoms with Gasteiger partial charge in [0.25, 0.3) is 0 Å². The van der Waals surface area contributed by atoms with Crippen molar-refractivity contribution in [2.75, 3.05) is 0 Å². The maximum absolute atomic E-state index is 2.35. The van der Waals surface area contributed by atoms with E-state index in [1.165, 1.54) is 66.1 Å². The number of rotatable bonds is 6. The van der Waals surface area contributed by atoms with E-state index >= 15 is 0 Å². The highest BCUT2D eigenvalue weighted by atomic mass is 14.2. The summed E-state index contributed by atoms with van der Waals surface area (Å²) < 4.78 is 0. The molecule has 0 aliphatic rings. The lowest BCUT2D eigenvalue weighted by molar-refractivity contribution is 0.963. The van der Waals surface area contributed by atoms with Crippen LogP contribution in [0.15, 0.2) is 84.9 Å². The van der Waals surface area contributed by atoms with Crippen LogP contribution in [-0.2, 0) is 25.7 Å². The van der Waals surface area contributed by atoms with Gasteiger partial charge >= 0.3 is 0 Å². The first-order valence-corrected chi connectivity index (χ1v) is 12.6. The van der Waals surface area contributed by atoms with Gasteiger partial charge in [0.1, 0.15) is 0 Å². The molecule has 5 rings (SSSR count). The van der Waals surface area contributed by atoms with E-state index in [2.05, 4.69) is 113 Å². The fourth-order valence-corrected chi connectivity index (χ4v) is 5.69. The summed E-state index contributed by atoms with van der Waals surface area (Å²) in [6.45, 7) is 9.28. The van der Waals surface area contributed by atoms with Crippen LogP contribution in [0.25, 0.3) is 21.5 Å². The molecule has 170 valence electrons. The topological polar surface area (TPSA) is 0 Å². The Hall–Kier alpha value is -3.38. The Labute approximate surface area is 204 Å². The molecule has 0 nitrogen and oxygen atoms in total. The van der Waals surface area contributed by atoms with Gasteiger partial charge in [-0.2, -0.15) is 0 Å². The van der Waals surface area contributed by atoms with E-state index in [1.54, 1.807) is 0 Å². The van der Waals surface area contributed by atoms with Gasteiger partial charge in [-0.1, -0.05) is 84.9 Å². The van der Waals surface area contributed by atoms with E-state index < -0.39 is 0 Å². The highest BCUT2D eigenvalue weighted by Crippen LogP contribution is 2.40. The first-order chi connectivity index (χ1) is 16.6. The van der Waals surface area contributed by atoms with Gasteiger partial charge in [-0.05, 0) is 119 Å². The average molecular weight is 443 g/mol. The number of aryl methyl sites for hydroxylation is 6. The largest absolute Gasteiger partial charge is 0.0622 e. The molecular formula is C34H34. The molecule has 0 saturated heterocycles. The van der Waals surface area contributed by atoms with Crippen molar-refractivity contribution in [3.8, 4) is 0 Å². The van der Waals surface area contributed by atoms with Crippen LogP contribution in [0.3, 0.4) is 0 Å². The van der Waals surface area contributed by atoms with Crippen LogP contribution in [0.2, 0.25) is 0 Å². The lowest BCUT2D eigenvalue weighted by Gasteiger charge is -2.23. The van der Waals surface area contributed by atoms with E-state index in [4.69, 9.17) is 0 Å². The van der Waals surface area contributed by atoms with Gasteiger partial charge in [-0.25, -0.2) is 0 Å². The van der Waals surface area contributed by atoms with Gasteiger partial charge in [-0.3, -0.25) is 0 Å². The van der Waals surface area contributed by atoms with E-state index in [-0.39, 0.29) is 0 Å². The Morgan fingerprint density at radius 1 is 0.382 bits per heavy atom. The molecule has 0 aliphatic carbocycles. The molecule has 0 amide bonds. The third-order valence-electron chi connectivity index (χ3n) is 7.88. The Bertz CT molecular complexity index is 1340. The van der Waals surface area contributed by atoms with Crippen LogP contribution in [-0.4, -0.2) is 0 Å². The zero-order chi connectivity index (χ0) is 23.7. The quantitative estimate of drug-likeness (QED) is 0.230. The lowest BCUT2D eigenvalue weighted by Crippen LogP contribution is -2.05. The molecular weight excluding hydrogens is 408 g/mol. The minimum Gasteiger partial charge on any atom is -0.0622 e. The molecule has 0 aromatic heterocycles. The summed E-state index contributed by atoms with van der Waals surface area (Å²) >= 11 is 0. The monoisotopic (exact) mass is 442 g/mol. The van der Waals surface area contributed by atoms with E-state index in [1.807, 2.05) is 0 Å². The predicted octanol–water partition coefficient (Wildman–Crippen LogP) is 8.80. The first kappa shape index (κ1) is 22.4. The van der Waals surface area contributed by atoms with Gasteiger partial charge in [0.15, 0.2) is 0 Å². The molecule has 0 N–H and O–H groups in total. The Balaban J connectivity index is 1.76. The molecule has 0 heterocycles. The van der Waals surface area contributed by atoms with Crippen LogP contribution in [0, 0.1) is 27.7 Å². The minimum absolute atomic E-state index is 1.06. The van der Waals surface area contributed by atoms with Crippen molar-refractivity contribution in [2.24, 2.45) is 0 Å². The van der Waals surface area contributed by atoms with Crippen molar-refractivity contribution >= 4 is 21.5 Å². The summed E-state index contributed by atoms with van der Waals surface area (Å²) in [5.74, 6) is 0. The van der Waals surface area contributed by atoms with Crippen LogP contribution < -0.4 is 0 Å². The average Bonchev–Trinajstić information content (AvgIpc) is 2.89. The summed E-state index contributed by atoms with van der Waals surface area (Å²) in [5, 5.41) is 5.86. The van der Waals surface area contributed by atoms with Crippen molar-refractivity contribution in [3.05, 3.63) is 129 Å². The van der Waals surface area contributed by atoms with Crippen molar-refractivity contribution in [1.82, 2.24) is 0 Å². The maximum atomic E-state index is 2.35. The van der Waals surface area contributed by atoms with Gasteiger partial charge in [-0.15, -0.1) is 0 Å². The number of hydrogen-bond donors (Lipinski definition) is 0. The summed E-state index contributed by atoms with van der Waals surface area (Å²) in [6.07, 6.45) is 4.25. The highest BCUT2D eigenvalue weighted by Gasteiger charge is 2.20. The van der Waals surface area contributed by atoms with Crippen molar-refractivity contribution < 1.29 is 0 Å². The second kappa shape index (κ2) is 9.47. The van der Waals surface area contributed by atoms with Crippen LogP contribution >= 0.6 is 0 Å². The molecule has 0 bridgehead atoms. The lowest BCUT2D eigenvalue weighted by atomic mass is 9.81. The summed E-state index contributed by atoms with van der Waals surface area (Å²) in [5.41, 5.74) is 11.6. The number of hydrogen-bond acceptors (Lipinski definition) is 0. The van der Waals surface area contributed by atoms with Crippen LogP contribution in [0.4, 0.5) is 0 Å². The number of benzene rings is 5. The Morgan fingerprint density at radius 2 is 0.735 bits per heavy atom. The molecule has 0 radical (unpaired) electrons. The normalized spacial score (nSPS) is 11.4. The van der Waals surface area contributed by atoms with Gasteiger partial charge in [0.05, 0.1) is 0 Å². The van der Waals surface area contributed by atoms with Gasteiger partial charge in [0, 0.05) is 0 Å².